The second-order valence-corrected chi connectivity index (χ2v) is 3.04. The third-order valence-electron chi connectivity index (χ3n) is 1.75. The van der Waals surface area contributed by atoms with Crippen LogP contribution in [0.2, 0.25) is 0 Å². The Morgan fingerprint density at radius 3 is 2.33 bits per heavy atom. The summed E-state index contributed by atoms with van der Waals surface area (Å²) in [6.07, 6.45) is 0. The van der Waals surface area contributed by atoms with E-state index in [0.717, 1.165) is 13.0 Å². The summed E-state index contributed by atoms with van der Waals surface area (Å²) >= 11 is 0. The van der Waals surface area contributed by atoms with E-state index in [4.69, 9.17) is 0 Å². The van der Waals surface area contributed by atoms with Crippen molar-refractivity contribution in [3.8, 4) is 11.5 Å². The van der Waals surface area contributed by atoms with Gasteiger partial charge in [-0.1, -0.05) is 0 Å². The van der Waals surface area contributed by atoms with E-state index in [9.17, 15) is 19.8 Å². The zero-order valence-corrected chi connectivity index (χ0v) is 8.27. The van der Waals surface area contributed by atoms with Gasteiger partial charge in [0.25, 0.3) is 0 Å². The van der Waals surface area contributed by atoms with Gasteiger partial charge in [0.05, 0.1) is 5.56 Å². The highest BCUT2D eigenvalue weighted by molar-refractivity contribution is 5.97. The Kier molecular flexibility index (Phi) is 2.94. The third kappa shape index (κ3) is 2.46. The second kappa shape index (κ2) is 4.00. The highest BCUT2D eigenvalue weighted by atomic mass is 16.6. The molecule has 15 heavy (non-hydrogen) atoms. The summed E-state index contributed by atoms with van der Waals surface area (Å²) in [6, 6.07) is 2.36. The summed E-state index contributed by atoms with van der Waals surface area (Å²) in [7, 11) is 0. The average molecular weight is 210 g/mol. The van der Waals surface area contributed by atoms with Gasteiger partial charge in [-0.25, -0.2) is 4.79 Å². The maximum atomic E-state index is 11.2. The van der Waals surface area contributed by atoms with Crippen LogP contribution in [-0.4, -0.2) is 22.2 Å². The predicted octanol–water partition coefficient (Wildman–Crippen LogP) is 1.11. The Balaban J connectivity index is 3.06. The fraction of sp³-hybridized carbons (Fsp3) is 0.200. The SMILES string of the molecule is CC(=O)OC(=O)c1cc(C)c(O)c(O)c1. The number of hydrogen-bond donors (Lipinski definition) is 2. The minimum atomic E-state index is -0.860. The van der Waals surface area contributed by atoms with Gasteiger partial charge in [0, 0.05) is 6.92 Å². The molecule has 1 rings (SSSR count). The van der Waals surface area contributed by atoms with Crippen molar-refractivity contribution >= 4 is 11.9 Å². The number of carbonyl (C=O) groups excluding carboxylic acids is 2. The van der Waals surface area contributed by atoms with Gasteiger partial charge in [-0.15, -0.1) is 0 Å². The number of aromatic hydroxyl groups is 2. The molecule has 5 heteroatoms. The third-order valence-corrected chi connectivity index (χ3v) is 1.75. The van der Waals surface area contributed by atoms with E-state index < -0.39 is 17.7 Å². The quantitative estimate of drug-likeness (QED) is 0.412. The first-order chi connectivity index (χ1) is 6.91. The molecule has 0 aliphatic rings. The van der Waals surface area contributed by atoms with E-state index in [2.05, 4.69) is 4.74 Å². The van der Waals surface area contributed by atoms with Crippen LogP contribution in [0, 0.1) is 6.92 Å². The van der Waals surface area contributed by atoms with Gasteiger partial charge in [-0.3, -0.25) is 4.79 Å². The van der Waals surface area contributed by atoms with Crippen LogP contribution in [0.1, 0.15) is 22.8 Å². The van der Waals surface area contributed by atoms with Gasteiger partial charge >= 0.3 is 11.9 Å². The van der Waals surface area contributed by atoms with Crippen LogP contribution in [0.5, 0.6) is 11.5 Å². The lowest BCUT2D eigenvalue weighted by molar-refractivity contribution is -0.135. The van der Waals surface area contributed by atoms with E-state index in [0.29, 0.717) is 5.56 Å². The van der Waals surface area contributed by atoms with Crippen molar-refractivity contribution < 1.29 is 24.5 Å². The molecule has 0 unspecified atom stereocenters. The van der Waals surface area contributed by atoms with E-state index >= 15 is 0 Å². The smallest absolute Gasteiger partial charge is 0.345 e. The fourth-order valence-electron chi connectivity index (χ4n) is 1.07. The van der Waals surface area contributed by atoms with E-state index in [-0.39, 0.29) is 11.3 Å². The van der Waals surface area contributed by atoms with Gasteiger partial charge < -0.3 is 14.9 Å². The van der Waals surface area contributed by atoms with Crippen LogP contribution in [0.4, 0.5) is 0 Å². The molecule has 1 aromatic rings. The Morgan fingerprint density at radius 2 is 1.87 bits per heavy atom. The number of phenolic OH excluding ortho intramolecular Hbond substituents is 2. The van der Waals surface area contributed by atoms with Crippen molar-refractivity contribution in [2.24, 2.45) is 0 Å². The van der Waals surface area contributed by atoms with Crippen molar-refractivity contribution in [3.63, 3.8) is 0 Å². The Morgan fingerprint density at radius 1 is 1.27 bits per heavy atom. The molecule has 0 atom stereocenters. The van der Waals surface area contributed by atoms with Crippen LogP contribution in [0.25, 0.3) is 0 Å². The van der Waals surface area contributed by atoms with Gasteiger partial charge in [-0.05, 0) is 24.6 Å². The second-order valence-electron chi connectivity index (χ2n) is 3.04. The maximum absolute atomic E-state index is 11.2. The number of carbonyl (C=O) groups is 2. The molecule has 0 radical (unpaired) electrons. The molecule has 0 spiro atoms. The molecule has 80 valence electrons. The van der Waals surface area contributed by atoms with Gasteiger partial charge in [0.2, 0.25) is 0 Å². The number of ether oxygens (including phenoxy) is 1. The minimum Gasteiger partial charge on any atom is -0.504 e. The summed E-state index contributed by atoms with van der Waals surface area (Å²) in [6.45, 7) is 2.62. The number of rotatable bonds is 1. The number of aryl methyl sites for hydroxylation is 1. The number of esters is 2. The molecule has 0 saturated carbocycles. The van der Waals surface area contributed by atoms with Crippen molar-refractivity contribution in [2.45, 2.75) is 13.8 Å². The Labute approximate surface area is 85.9 Å². The molecule has 0 saturated heterocycles. The molecule has 0 aliphatic carbocycles. The van der Waals surface area contributed by atoms with Gasteiger partial charge in [-0.2, -0.15) is 0 Å². The molecular formula is C10H10O5. The monoisotopic (exact) mass is 210 g/mol. The van der Waals surface area contributed by atoms with E-state index in [1.165, 1.54) is 13.0 Å². The van der Waals surface area contributed by atoms with E-state index in [1.54, 1.807) is 0 Å². The van der Waals surface area contributed by atoms with Crippen molar-refractivity contribution in [2.75, 3.05) is 0 Å². The maximum Gasteiger partial charge on any atom is 0.345 e. The zero-order chi connectivity index (χ0) is 11.6. The first-order valence-corrected chi connectivity index (χ1v) is 4.17. The lowest BCUT2D eigenvalue weighted by Gasteiger charge is -2.05. The van der Waals surface area contributed by atoms with E-state index in [1.807, 2.05) is 0 Å². The van der Waals surface area contributed by atoms with Crippen molar-refractivity contribution in [1.82, 2.24) is 0 Å². The van der Waals surface area contributed by atoms with Gasteiger partial charge in [0.15, 0.2) is 11.5 Å². The number of hydrogen-bond acceptors (Lipinski definition) is 5. The molecule has 0 aliphatic heterocycles. The minimum absolute atomic E-state index is 0.0120. The molecule has 2 N–H and O–H groups in total. The molecule has 0 aromatic heterocycles. The lowest BCUT2D eigenvalue weighted by atomic mass is 10.1. The largest absolute Gasteiger partial charge is 0.504 e. The van der Waals surface area contributed by atoms with Crippen LogP contribution < -0.4 is 0 Å². The first kappa shape index (κ1) is 11.0. The van der Waals surface area contributed by atoms with Crippen LogP contribution in [-0.2, 0) is 9.53 Å². The summed E-state index contributed by atoms with van der Waals surface area (Å²) in [5.41, 5.74) is 0.337. The molecule has 0 amide bonds. The van der Waals surface area contributed by atoms with Crippen LogP contribution in [0.3, 0.4) is 0 Å². The van der Waals surface area contributed by atoms with Crippen molar-refractivity contribution in [1.29, 1.82) is 0 Å². The fourth-order valence-corrected chi connectivity index (χ4v) is 1.07. The zero-order valence-electron chi connectivity index (χ0n) is 8.27. The standard InChI is InChI=1S/C10H10O5/c1-5-3-7(4-8(12)9(5)13)10(14)15-6(2)11/h3-4,12-13H,1-2H3. The summed E-state index contributed by atoms with van der Waals surface area (Å²) in [4.78, 5) is 21.7. The summed E-state index contributed by atoms with van der Waals surface area (Å²) in [5, 5.41) is 18.4. The van der Waals surface area contributed by atoms with Crippen molar-refractivity contribution in [3.05, 3.63) is 23.3 Å². The summed E-state index contributed by atoms with van der Waals surface area (Å²) < 4.78 is 4.32. The number of phenols is 2. The highest BCUT2D eigenvalue weighted by Crippen LogP contribution is 2.29. The topological polar surface area (TPSA) is 83.8 Å². The summed E-state index contributed by atoms with van der Waals surface area (Å²) in [5.74, 6) is -2.31. The lowest BCUT2D eigenvalue weighted by Crippen LogP contribution is -2.09. The Hall–Kier alpha value is -2.04. The Bertz CT molecular complexity index is 399. The van der Waals surface area contributed by atoms with Crippen LogP contribution >= 0.6 is 0 Å². The molecule has 0 fully saturated rings. The molecular weight excluding hydrogens is 200 g/mol. The first-order valence-electron chi connectivity index (χ1n) is 4.17. The predicted molar refractivity (Wildman–Crippen MR) is 50.6 cm³/mol. The molecule has 0 bridgehead atoms. The highest BCUT2D eigenvalue weighted by Gasteiger charge is 2.14. The number of benzene rings is 1. The van der Waals surface area contributed by atoms with Gasteiger partial charge in [0.1, 0.15) is 0 Å². The normalized spacial score (nSPS) is 9.73. The molecule has 5 nitrogen and oxygen atoms in total. The molecule has 0 heterocycles. The van der Waals surface area contributed by atoms with Crippen LogP contribution in [0.15, 0.2) is 12.1 Å². The average Bonchev–Trinajstić information content (AvgIpc) is 2.12. The molecule has 1 aromatic carbocycles.